The second-order valence-electron chi connectivity index (χ2n) is 4.76. The molecule has 1 aliphatic rings. The largest absolute Gasteiger partial charge is 0.381 e. The molecule has 0 radical (unpaired) electrons. The summed E-state index contributed by atoms with van der Waals surface area (Å²) in [5, 5.41) is 2.51. The molecule has 0 amide bonds. The third-order valence-corrected chi connectivity index (χ3v) is 4.92. The van der Waals surface area contributed by atoms with Gasteiger partial charge in [-0.1, -0.05) is 6.92 Å². The highest BCUT2D eigenvalue weighted by Crippen LogP contribution is 2.33. The van der Waals surface area contributed by atoms with Gasteiger partial charge in [-0.2, -0.15) is 0 Å². The smallest absolute Gasteiger partial charge is 0.259 e. The fraction of sp³-hybridized carbons (Fsp3) is 0.538. The maximum atomic E-state index is 12.3. The van der Waals surface area contributed by atoms with E-state index in [1.54, 1.807) is 0 Å². The molecule has 0 spiro atoms. The van der Waals surface area contributed by atoms with E-state index >= 15 is 0 Å². The van der Waals surface area contributed by atoms with Crippen molar-refractivity contribution in [1.29, 1.82) is 0 Å². The zero-order valence-electron chi connectivity index (χ0n) is 10.6. The summed E-state index contributed by atoms with van der Waals surface area (Å²) in [7, 11) is 0. The van der Waals surface area contributed by atoms with E-state index in [9.17, 15) is 4.79 Å². The van der Waals surface area contributed by atoms with E-state index in [-0.39, 0.29) is 10.9 Å². The molecular weight excluding hydrogens is 284 g/mol. The van der Waals surface area contributed by atoms with Crippen LogP contribution in [-0.2, 0) is 4.74 Å². The molecule has 0 saturated carbocycles. The number of halogens is 1. The summed E-state index contributed by atoms with van der Waals surface area (Å²) in [5.74, 6) is 0.887. The molecule has 1 fully saturated rings. The molecule has 3 heterocycles. The molecule has 2 unspecified atom stereocenters. The van der Waals surface area contributed by atoms with Gasteiger partial charge in [0.2, 0.25) is 0 Å². The molecule has 1 aliphatic heterocycles. The molecule has 102 valence electrons. The van der Waals surface area contributed by atoms with E-state index in [1.165, 1.54) is 11.3 Å². The first-order valence-corrected chi connectivity index (χ1v) is 7.75. The van der Waals surface area contributed by atoms with E-state index in [0.29, 0.717) is 23.7 Å². The first-order valence-electron chi connectivity index (χ1n) is 6.43. The number of nitrogens with one attached hydrogen (secondary N) is 1. The molecule has 1 N–H and O–H groups in total. The SMILES string of the molecule is CCC(Cl)c1nc2scc(C3CCOC3)c2c(=O)[nH]1. The van der Waals surface area contributed by atoms with Crippen LogP contribution in [0.1, 0.15) is 42.4 Å². The predicted molar refractivity (Wildman–Crippen MR) is 77.3 cm³/mol. The monoisotopic (exact) mass is 298 g/mol. The van der Waals surface area contributed by atoms with Crippen LogP contribution in [0.3, 0.4) is 0 Å². The highest BCUT2D eigenvalue weighted by Gasteiger charge is 2.23. The normalized spacial score (nSPS) is 21.1. The number of fused-ring (bicyclic) bond motifs is 1. The van der Waals surface area contributed by atoms with Crippen LogP contribution >= 0.6 is 22.9 Å². The van der Waals surface area contributed by atoms with Gasteiger partial charge < -0.3 is 9.72 Å². The van der Waals surface area contributed by atoms with Crippen LogP contribution in [0.2, 0.25) is 0 Å². The molecule has 2 aromatic heterocycles. The van der Waals surface area contributed by atoms with Crippen molar-refractivity contribution < 1.29 is 4.74 Å². The van der Waals surface area contributed by atoms with Crippen LogP contribution in [0, 0.1) is 0 Å². The summed E-state index contributed by atoms with van der Waals surface area (Å²) in [6.07, 6.45) is 1.71. The van der Waals surface area contributed by atoms with Crippen molar-refractivity contribution in [2.75, 3.05) is 13.2 Å². The average molecular weight is 299 g/mol. The van der Waals surface area contributed by atoms with Gasteiger partial charge >= 0.3 is 0 Å². The van der Waals surface area contributed by atoms with Crippen molar-refractivity contribution in [2.45, 2.75) is 31.1 Å². The number of hydrogen-bond donors (Lipinski definition) is 1. The standard InChI is InChI=1S/C13H15ClN2O2S/c1-2-9(14)11-15-12(17)10-8(6-19-13(10)16-11)7-3-4-18-5-7/h6-7,9H,2-5H2,1H3,(H,15,16,17). The summed E-state index contributed by atoms with van der Waals surface area (Å²) in [5.41, 5.74) is 0.989. The topological polar surface area (TPSA) is 55.0 Å². The van der Waals surface area contributed by atoms with Crippen molar-refractivity contribution >= 4 is 33.2 Å². The number of nitrogens with zero attached hydrogens (tertiary/aromatic N) is 1. The number of thiophene rings is 1. The second kappa shape index (κ2) is 5.23. The fourth-order valence-electron chi connectivity index (χ4n) is 2.41. The molecule has 19 heavy (non-hydrogen) atoms. The molecule has 0 aliphatic carbocycles. The van der Waals surface area contributed by atoms with E-state index < -0.39 is 0 Å². The average Bonchev–Trinajstić information content (AvgIpc) is 3.05. The van der Waals surface area contributed by atoms with Crippen LogP contribution in [0.25, 0.3) is 10.2 Å². The Morgan fingerprint density at radius 1 is 1.68 bits per heavy atom. The van der Waals surface area contributed by atoms with Crippen LogP contribution in [-0.4, -0.2) is 23.2 Å². The molecule has 6 heteroatoms. The van der Waals surface area contributed by atoms with Crippen molar-refractivity contribution in [3.05, 3.63) is 27.1 Å². The van der Waals surface area contributed by atoms with E-state index in [1.807, 2.05) is 12.3 Å². The van der Waals surface area contributed by atoms with Gasteiger partial charge in [0.1, 0.15) is 10.7 Å². The summed E-state index contributed by atoms with van der Waals surface area (Å²) < 4.78 is 5.40. The predicted octanol–water partition coefficient (Wildman–Crippen LogP) is 3.18. The van der Waals surface area contributed by atoms with Gasteiger partial charge in [-0.3, -0.25) is 4.79 Å². The molecule has 0 aromatic carbocycles. The molecule has 2 atom stereocenters. The Morgan fingerprint density at radius 3 is 3.21 bits per heavy atom. The minimum atomic E-state index is -0.238. The fourth-order valence-corrected chi connectivity index (χ4v) is 3.54. The van der Waals surface area contributed by atoms with Crippen LogP contribution < -0.4 is 5.56 Å². The lowest BCUT2D eigenvalue weighted by molar-refractivity contribution is 0.194. The Labute approximate surface area is 119 Å². The van der Waals surface area contributed by atoms with Gasteiger partial charge in [0.05, 0.1) is 17.4 Å². The Bertz CT molecular complexity index is 646. The van der Waals surface area contributed by atoms with Crippen molar-refractivity contribution in [1.82, 2.24) is 9.97 Å². The van der Waals surface area contributed by atoms with Gasteiger partial charge in [0, 0.05) is 12.5 Å². The van der Waals surface area contributed by atoms with Crippen LogP contribution in [0.15, 0.2) is 10.2 Å². The quantitative estimate of drug-likeness (QED) is 0.886. The Balaban J connectivity index is 2.11. The number of rotatable bonds is 3. The molecule has 1 saturated heterocycles. The molecule has 0 bridgehead atoms. The molecule has 2 aromatic rings. The van der Waals surface area contributed by atoms with Crippen molar-refractivity contribution in [3.63, 3.8) is 0 Å². The molecule has 4 nitrogen and oxygen atoms in total. The third kappa shape index (κ3) is 2.30. The van der Waals surface area contributed by atoms with E-state index in [2.05, 4.69) is 9.97 Å². The number of ether oxygens (including phenoxy) is 1. The first-order chi connectivity index (χ1) is 9.20. The molecular formula is C13H15ClN2O2S. The van der Waals surface area contributed by atoms with Crippen LogP contribution in [0.5, 0.6) is 0 Å². The Morgan fingerprint density at radius 2 is 2.53 bits per heavy atom. The maximum absolute atomic E-state index is 12.3. The zero-order chi connectivity index (χ0) is 13.4. The van der Waals surface area contributed by atoms with Gasteiger partial charge in [-0.25, -0.2) is 4.98 Å². The van der Waals surface area contributed by atoms with Gasteiger partial charge in [-0.15, -0.1) is 22.9 Å². The van der Waals surface area contributed by atoms with Crippen LogP contribution in [0.4, 0.5) is 0 Å². The van der Waals surface area contributed by atoms with E-state index in [0.717, 1.165) is 29.8 Å². The Hall–Kier alpha value is -0.910. The number of aromatic nitrogens is 2. The van der Waals surface area contributed by atoms with Crippen molar-refractivity contribution in [2.24, 2.45) is 0 Å². The number of alkyl halides is 1. The minimum absolute atomic E-state index is 0.0812. The summed E-state index contributed by atoms with van der Waals surface area (Å²) in [4.78, 5) is 20.4. The minimum Gasteiger partial charge on any atom is -0.381 e. The maximum Gasteiger partial charge on any atom is 0.259 e. The highest BCUT2D eigenvalue weighted by atomic mass is 35.5. The third-order valence-electron chi connectivity index (χ3n) is 3.52. The van der Waals surface area contributed by atoms with Gasteiger partial charge in [0.15, 0.2) is 0 Å². The van der Waals surface area contributed by atoms with Crippen molar-refractivity contribution in [3.8, 4) is 0 Å². The summed E-state index contributed by atoms with van der Waals surface area (Å²) >= 11 is 7.66. The van der Waals surface area contributed by atoms with Gasteiger partial charge in [-0.05, 0) is 23.8 Å². The highest BCUT2D eigenvalue weighted by molar-refractivity contribution is 7.16. The lowest BCUT2D eigenvalue weighted by Crippen LogP contribution is -2.14. The van der Waals surface area contributed by atoms with Gasteiger partial charge in [0.25, 0.3) is 5.56 Å². The zero-order valence-corrected chi connectivity index (χ0v) is 12.2. The number of hydrogen-bond acceptors (Lipinski definition) is 4. The lowest BCUT2D eigenvalue weighted by Gasteiger charge is -2.07. The summed E-state index contributed by atoms with van der Waals surface area (Å²) in [6.45, 7) is 3.43. The number of aromatic amines is 1. The van der Waals surface area contributed by atoms with E-state index in [4.69, 9.17) is 16.3 Å². The molecule has 3 rings (SSSR count). The first kappa shape index (κ1) is 13.1. The summed E-state index contributed by atoms with van der Waals surface area (Å²) in [6, 6.07) is 0. The number of H-pyrrole nitrogens is 1. The second-order valence-corrected chi connectivity index (χ2v) is 6.14. The Kier molecular flexibility index (Phi) is 3.60. The lowest BCUT2D eigenvalue weighted by atomic mass is 9.99.